The lowest BCUT2D eigenvalue weighted by molar-refractivity contribution is -0.137. The molecule has 1 aliphatic carbocycles. The lowest BCUT2D eigenvalue weighted by Crippen LogP contribution is -2.36. The zero-order chi connectivity index (χ0) is 21.0. The van der Waals surface area contributed by atoms with E-state index in [-0.39, 0.29) is 21.8 Å². The van der Waals surface area contributed by atoms with Gasteiger partial charge in [-0.05, 0) is 49.6 Å². The molecule has 0 radical (unpaired) electrons. The highest BCUT2D eigenvalue weighted by Crippen LogP contribution is 2.41. The van der Waals surface area contributed by atoms with Gasteiger partial charge in [0.2, 0.25) is 0 Å². The van der Waals surface area contributed by atoms with Crippen molar-refractivity contribution in [2.24, 2.45) is 0 Å². The third-order valence-corrected chi connectivity index (χ3v) is 7.38. The van der Waals surface area contributed by atoms with E-state index in [0.717, 1.165) is 12.1 Å². The molecular weight excluding hydrogens is 427 g/mol. The van der Waals surface area contributed by atoms with E-state index in [4.69, 9.17) is 11.6 Å². The number of pyridine rings is 1. The third kappa shape index (κ3) is 3.62. The number of alkyl halides is 3. The first-order chi connectivity index (χ1) is 13.6. The van der Waals surface area contributed by atoms with Crippen LogP contribution in [0.5, 0.6) is 0 Å². The van der Waals surface area contributed by atoms with Crippen molar-refractivity contribution in [2.75, 3.05) is 0 Å². The SMILES string of the molecule is C[C@@H](c1cccc(C(F)(F)F)c1)N(C1CC1)S(=O)(=O)c1c(Cl)nc2ccccn12. The van der Waals surface area contributed by atoms with Crippen molar-refractivity contribution in [1.82, 2.24) is 13.7 Å². The fourth-order valence-electron chi connectivity index (χ4n) is 3.45. The monoisotopic (exact) mass is 443 g/mol. The van der Waals surface area contributed by atoms with Gasteiger partial charge in [0.1, 0.15) is 5.65 Å². The Kier molecular flexibility index (Phi) is 4.87. The van der Waals surface area contributed by atoms with Crippen LogP contribution in [0.15, 0.2) is 53.7 Å². The van der Waals surface area contributed by atoms with E-state index < -0.39 is 27.8 Å². The molecule has 1 aliphatic rings. The fourth-order valence-corrected chi connectivity index (χ4v) is 5.92. The average Bonchev–Trinajstić information content (AvgIpc) is 3.40. The van der Waals surface area contributed by atoms with Gasteiger partial charge in [0.15, 0.2) is 10.2 Å². The molecule has 2 heterocycles. The van der Waals surface area contributed by atoms with Crippen LogP contribution in [0.2, 0.25) is 5.15 Å². The summed E-state index contributed by atoms with van der Waals surface area (Å²) in [5.41, 5.74) is -0.179. The summed E-state index contributed by atoms with van der Waals surface area (Å²) in [5, 5.41) is -0.349. The Morgan fingerprint density at radius 2 is 1.93 bits per heavy atom. The molecule has 0 aliphatic heterocycles. The Morgan fingerprint density at radius 3 is 2.59 bits per heavy atom. The Balaban J connectivity index is 1.81. The quantitative estimate of drug-likeness (QED) is 0.562. The van der Waals surface area contributed by atoms with Gasteiger partial charge in [-0.15, -0.1) is 0 Å². The van der Waals surface area contributed by atoms with E-state index in [9.17, 15) is 21.6 Å². The Bertz CT molecular complexity index is 1170. The topological polar surface area (TPSA) is 54.7 Å². The number of rotatable bonds is 5. The number of fused-ring (bicyclic) bond motifs is 1. The molecule has 0 amide bonds. The maximum atomic E-state index is 13.6. The second-order valence-corrected chi connectivity index (χ2v) is 9.12. The van der Waals surface area contributed by atoms with Gasteiger partial charge in [0, 0.05) is 18.3 Å². The largest absolute Gasteiger partial charge is 0.416 e. The van der Waals surface area contributed by atoms with Crippen LogP contribution in [0.25, 0.3) is 5.65 Å². The molecule has 1 aromatic carbocycles. The third-order valence-electron chi connectivity index (χ3n) is 4.95. The molecule has 1 atom stereocenters. The molecule has 29 heavy (non-hydrogen) atoms. The summed E-state index contributed by atoms with van der Waals surface area (Å²) in [5.74, 6) is 0. The Labute approximate surface area is 170 Å². The molecule has 4 rings (SSSR count). The van der Waals surface area contributed by atoms with Crippen molar-refractivity contribution in [3.05, 3.63) is 64.9 Å². The first-order valence-electron chi connectivity index (χ1n) is 8.94. The number of benzene rings is 1. The molecule has 10 heteroatoms. The predicted octanol–water partition coefficient (Wildman–Crippen LogP) is 4.92. The van der Waals surface area contributed by atoms with Crippen molar-refractivity contribution in [2.45, 2.75) is 43.1 Å². The van der Waals surface area contributed by atoms with Crippen LogP contribution in [0.4, 0.5) is 13.2 Å². The van der Waals surface area contributed by atoms with Crippen LogP contribution in [0.3, 0.4) is 0 Å². The molecule has 154 valence electrons. The van der Waals surface area contributed by atoms with Crippen molar-refractivity contribution < 1.29 is 21.6 Å². The number of hydrogen-bond acceptors (Lipinski definition) is 3. The first-order valence-corrected chi connectivity index (χ1v) is 10.8. The van der Waals surface area contributed by atoms with Crippen LogP contribution in [-0.4, -0.2) is 28.1 Å². The smallest absolute Gasteiger partial charge is 0.288 e. The summed E-state index contributed by atoms with van der Waals surface area (Å²) >= 11 is 6.17. The number of hydrogen-bond donors (Lipinski definition) is 0. The average molecular weight is 444 g/mol. The first kappa shape index (κ1) is 20.2. The minimum absolute atomic E-state index is 0.168. The molecule has 1 saturated carbocycles. The minimum atomic E-state index is -4.51. The van der Waals surface area contributed by atoms with Crippen molar-refractivity contribution in [1.29, 1.82) is 0 Å². The highest BCUT2D eigenvalue weighted by molar-refractivity contribution is 7.89. The molecular formula is C19H17ClF3N3O2S. The van der Waals surface area contributed by atoms with Gasteiger partial charge in [-0.3, -0.25) is 4.40 Å². The van der Waals surface area contributed by atoms with Gasteiger partial charge < -0.3 is 0 Å². The summed E-state index contributed by atoms with van der Waals surface area (Å²) in [4.78, 5) is 4.09. The summed E-state index contributed by atoms with van der Waals surface area (Å²) in [7, 11) is -4.13. The van der Waals surface area contributed by atoms with E-state index in [1.54, 1.807) is 31.3 Å². The lowest BCUT2D eigenvalue weighted by atomic mass is 10.0. The molecule has 0 spiro atoms. The summed E-state index contributed by atoms with van der Waals surface area (Å²) in [6.45, 7) is 1.59. The highest BCUT2D eigenvalue weighted by atomic mass is 35.5. The van der Waals surface area contributed by atoms with E-state index in [1.165, 1.54) is 20.8 Å². The molecule has 0 N–H and O–H groups in total. The maximum Gasteiger partial charge on any atom is 0.416 e. The van der Waals surface area contributed by atoms with Gasteiger partial charge in [0.25, 0.3) is 10.0 Å². The standard InChI is InChI=1S/C19H17ClF3N3O2S/c1-12(13-5-4-6-14(11-13)19(21,22)23)26(15-8-9-15)29(27,28)18-17(20)24-16-7-2-3-10-25(16)18/h2-7,10-12,15H,8-9H2,1H3/t12-/m0/s1. The Hall–Kier alpha value is -2.10. The van der Waals surface area contributed by atoms with E-state index >= 15 is 0 Å². The molecule has 2 aromatic heterocycles. The molecule has 1 fully saturated rings. The van der Waals surface area contributed by atoms with Gasteiger partial charge in [0.05, 0.1) is 5.56 Å². The Morgan fingerprint density at radius 1 is 1.21 bits per heavy atom. The van der Waals surface area contributed by atoms with Crippen molar-refractivity contribution in [3.8, 4) is 0 Å². The van der Waals surface area contributed by atoms with Crippen molar-refractivity contribution >= 4 is 27.3 Å². The number of sulfonamides is 1. The predicted molar refractivity (Wildman–Crippen MR) is 102 cm³/mol. The maximum absolute atomic E-state index is 13.6. The van der Waals surface area contributed by atoms with E-state index in [2.05, 4.69) is 4.98 Å². The van der Waals surface area contributed by atoms with E-state index in [0.29, 0.717) is 18.5 Å². The lowest BCUT2D eigenvalue weighted by Gasteiger charge is -2.29. The summed E-state index contributed by atoms with van der Waals surface area (Å²) < 4.78 is 69.1. The molecule has 0 bridgehead atoms. The van der Waals surface area contributed by atoms with Gasteiger partial charge >= 0.3 is 6.18 Å². The van der Waals surface area contributed by atoms with Crippen LogP contribution in [-0.2, 0) is 16.2 Å². The van der Waals surface area contributed by atoms with Gasteiger partial charge in [-0.2, -0.15) is 17.5 Å². The highest BCUT2D eigenvalue weighted by Gasteiger charge is 2.44. The second kappa shape index (κ2) is 7.00. The van der Waals surface area contributed by atoms with Crippen LogP contribution < -0.4 is 0 Å². The molecule has 3 aromatic rings. The number of nitrogens with zero attached hydrogens (tertiary/aromatic N) is 3. The normalized spacial score (nSPS) is 16.5. The summed E-state index contributed by atoms with van der Waals surface area (Å²) in [6, 6.07) is 8.63. The van der Waals surface area contributed by atoms with Crippen LogP contribution >= 0.6 is 11.6 Å². The van der Waals surface area contributed by atoms with E-state index in [1.807, 2.05) is 0 Å². The van der Waals surface area contributed by atoms with Gasteiger partial charge in [-0.25, -0.2) is 13.4 Å². The van der Waals surface area contributed by atoms with Crippen LogP contribution in [0, 0.1) is 0 Å². The van der Waals surface area contributed by atoms with Crippen molar-refractivity contribution in [3.63, 3.8) is 0 Å². The number of aromatic nitrogens is 2. The zero-order valence-corrected chi connectivity index (χ0v) is 16.8. The zero-order valence-electron chi connectivity index (χ0n) is 15.3. The summed E-state index contributed by atoms with van der Waals surface area (Å²) in [6.07, 6.45) is -1.70. The van der Waals surface area contributed by atoms with Gasteiger partial charge in [-0.1, -0.05) is 29.8 Å². The number of imidazole rings is 1. The number of halogens is 4. The molecule has 0 saturated heterocycles. The second-order valence-electron chi connectivity index (χ2n) is 7.00. The van der Waals surface area contributed by atoms with Crippen LogP contribution in [0.1, 0.15) is 36.9 Å². The minimum Gasteiger partial charge on any atom is -0.288 e. The molecule has 0 unspecified atom stereocenters. The fraction of sp³-hybridized carbons (Fsp3) is 0.316. The molecule has 5 nitrogen and oxygen atoms in total.